The molecule has 0 heterocycles. The largest absolute Gasteiger partial charge is 0.407 e. The molecular weight excluding hydrogens is 115 g/mol. The maximum absolute atomic E-state index is 8.17. The molecule has 3 N–H and O–H groups in total. The van der Waals surface area contributed by atoms with Crippen molar-refractivity contribution >= 4 is 7.94 Å². The molecule has 0 saturated carbocycles. The summed E-state index contributed by atoms with van der Waals surface area (Å²) in [5.74, 6) is 0. The van der Waals surface area contributed by atoms with Crippen molar-refractivity contribution in [2.24, 2.45) is 0 Å². The van der Waals surface area contributed by atoms with Gasteiger partial charge in [0.25, 0.3) is 0 Å². The molecule has 0 aromatic carbocycles. The maximum Gasteiger partial charge on any atom is 0.407 e. The van der Waals surface area contributed by atoms with Crippen molar-refractivity contribution in [1.82, 2.24) is 0 Å². The van der Waals surface area contributed by atoms with Gasteiger partial charge in [-0.05, 0) is 6.08 Å². The topological polar surface area (TPSA) is 60.7 Å². The van der Waals surface area contributed by atoms with Gasteiger partial charge in [-0.1, -0.05) is 6.58 Å². The van der Waals surface area contributed by atoms with E-state index in [2.05, 4.69) is 6.58 Å². The Bertz CT molecular complexity index is 65.1. The molecule has 0 fully saturated rings. The molecule has 7 heavy (non-hydrogen) atoms. The van der Waals surface area contributed by atoms with Gasteiger partial charge in [-0.3, -0.25) is 0 Å². The summed E-state index contributed by atoms with van der Waals surface area (Å²) in [5.41, 5.74) is 0. The fraction of sp³-hybridized carbons (Fsp3) is 0.333. The lowest BCUT2D eigenvalue weighted by Crippen LogP contribution is -1.89. The van der Waals surface area contributed by atoms with Crippen LogP contribution in [0.3, 0.4) is 0 Å². The molecule has 0 aliphatic carbocycles. The van der Waals surface area contributed by atoms with Gasteiger partial charge in [0.05, 0.1) is 0 Å². The molecule has 0 rings (SSSR count). The zero-order valence-electron chi connectivity index (χ0n) is 3.78. The molecular formula is C3H8O3P+. The van der Waals surface area contributed by atoms with E-state index in [4.69, 9.17) is 14.7 Å². The number of hydrogen-bond acceptors (Lipinski definition) is 3. The molecule has 42 valence electrons. The summed E-state index contributed by atoms with van der Waals surface area (Å²) < 4.78 is 0. The van der Waals surface area contributed by atoms with Crippen LogP contribution in [0.5, 0.6) is 0 Å². The average Bonchev–Trinajstić information content (AvgIpc) is 1.30. The molecule has 0 aliphatic heterocycles. The molecule has 0 amide bonds. The van der Waals surface area contributed by atoms with Crippen LogP contribution in [0.15, 0.2) is 12.7 Å². The van der Waals surface area contributed by atoms with Crippen molar-refractivity contribution < 1.29 is 14.7 Å². The summed E-state index contributed by atoms with van der Waals surface area (Å²) in [5, 5.41) is 0. The Morgan fingerprint density at radius 2 is 1.86 bits per heavy atom. The Morgan fingerprint density at radius 3 is 1.86 bits per heavy atom. The van der Waals surface area contributed by atoms with Crippen LogP contribution in [0.25, 0.3) is 0 Å². The molecule has 0 aromatic heterocycles. The molecule has 4 heteroatoms. The Kier molecular flexibility index (Phi) is 2.40. The Balaban J connectivity index is 3.34. The normalized spacial score (nSPS) is 11.3. The summed E-state index contributed by atoms with van der Waals surface area (Å²) in [4.78, 5) is 24.5. The molecule has 0 unspecified atom stereocenters. The van der Waals surface area contributed by atoms with Gasteiger partial charge < -0.3 is 0 Å². The third kappa shape index (κ3) is 6.05. The molecule has 0 aliphatic rings. The van der Waals surface area contributed by atoms with E-state index in [1.165, 1.54) is 6.08 Å². The lowest BCUT2D eigenvalue weighted by atomic mass is 10.8. The third-order valence-corrected chi connectivity index (χ3v) is 1.12. The van der Waals surface area contributed by atoms with Gasteiger partial charge >= 0.3 is 7.94 Å². The fourth-order valence-corrected chi connectivity index (χ4v) is 0.520. The number of rotatable bonds is 2. The van der Waals surface area contributed by atoms with Gasteiger partial charge in [-0.15, -0.1) is 0 Å². The van der Waals surface area contributed by atoms with Crippen LogP contribution in [0.2, 0.25) is 0 Å². The Labute approximate surface area is 42.5 Å². The number of hydrogen-bond donors (Lipinski definition) is 3. The Morgan fingerprint density at radius 1 is 1.43 bits per heavy atom. The van der Waals surface area contributed by atoms with Gasteiger partial charge in [0.2, 0.25) is 0 Å². The highest BCUT2D eigenvalue weighted by Gasteiger charge is 2.26. The molecule has 0 spiro atoms. The molecule has 0 bridgehead atoms. The first-order chi connectivity index (χ1) is 3.06. The van der Waals surface area contributed by atoms with Crippen LogP contribution in [0.1, 0.15) is 0 Å². The van der Waals surface area contributed by atoms with E-state index >= 15 is 0 Å². The molecule has 0 aromatic rings. The standard InChI is InChI=1S/C3H8O3P/c1-2-3-7(4,5)6/h2,4-6H,1,3H2/q+1. The van der Waals surface area contributed by atoms with Gasteiger partial charge in [-0.25, -0.2) is 0 Å². The van der Waals surface area contributed by atoms with Crippen molar-refractivity contribution in [3.63, 3.8) is 0 Å². The summed E-state index contributed by atoms with van der Waals surface area (Å²) in [6.07, 6.45) is 1.14. The van der Waals surface area contributed by atoms with Crippen LogP contribution >= 0.6 is 7.94 Å². The molecule has 3 nitrogen and oxygen atoms in total. The first kappa shape index (κ1) is 7.05. The van der Waals surface area contributed by atoms with E-state index in [1.807, 2.05) is 0 Å². The average molecular weight is 123 g/mol. The van der Waals surface area contributed by atoms with E-state index in [0.717, 1.165) is 0 Å². The minimum absolute atomic E-state index is 0.118. The Hall–Kier alpha value is 0.0500. The van der Waals surface area contributed by atoms with Crippen LogP contribution in [0, 0.1) is 0 Å². The smallest absolute Gasteiger partial charge is 0.193 e. The van der Waals surface area contributed by atoms with Gasteiger partial charge in [0, 0.05) is 0 Å². The molecule has 0 saturated heterocycles. The second kappa shape index (κ2) is 2.38. The first-order valence-corrected chi connectivity index (χ1v) is 3.57. The minimum atomic E-state index is -3.53. The van der Waals surface area contributed by atoms with E-state index < -0.39 is 7.94 Å². The fourth-order valence-electron chi connectivity index (χ4n) is 0.173. The minimum Gasteiger partial charge on any atom is -0.193 e. The van der Waals surface area contributed by atoms with Crippen molar-refractivity contribution in [3.8, 4) is 0 Å². The quantitative estimate of drug-likeness (QED) is 0.355. The first-order valence-electron chi connectivity index (χ1n) is 1.73. The van der Waals surface area contributed by atoms with Crippen LogP contribution < -0.4 is 0 Å². The van der Waals surface area contributed by atoms with Crippen molar-refractivity contribution in [2.75, 3.05) is 6.16 Å². The second-order valence-electron chi connectivity index (χ2n) is 1.16. The predicted octanol–water partition coefficient (Wildman–Crippen LogP) is -0.0881. The van der Waals surface area contributed by atoms with E-state index in [-0.39, 0.29) is 6.16 Å². The zero-order valence-corrected chi connectivity index (χ0v) is 4.67. The zero-order chi connectivity index (χ0) is 5.91. The SMILES string of the molecule is C=CC[P+](O)(O)O. The van der Waals surface area contributed by atoms with Crippen molar-refractivity contribution in [2.45, 2.75) is 0 Å². The highest BCUT2D eigenvalue weighted by atomic mass is 31.2. The van der Waals surface area contributed by atoms with Crippen molar-refractivity contribution in [3.05, 3.63) is 12.7 Å². The molecule has 0 radical (unpaired) electrons. The lowest BCUT2D eigenvalue weighted by molar-refractivity contribution is 0.335. The third-order valence-electron chi connectivity index (χ3n) is 0.374. The predicted molar refractivity (Wildman–Crippen MR) is 28.6 cm³/mol. The van der Waals surface area contributed by atoms with Crippen LogP contribution in [-0.2, 0) is 0 Å². The highest BCUT2D eigenvalue weighted by molar-refractivity contribution is 7.58. The van der Waals surface area contributed by atoms with Gasteiger partial charge in [-0.2, -0.15) is 14.7 Å². The summed E-state index contributed by atoms with van der Waals surface area (Å²) in [7, 11) is -3.53. The van der Waals surface area contributed by atoms with Gasteiger partial charge in [0.15, 0.2) is 6.16 Å². The van der Waals surface area contributed by atoms with Crippen molar-refractivity contribution in [1.29, 1.82) is 0 Å². The highest BCUT2D eigenvalue weighted by Crippen LogP contribution is 2.43. The van der Waals surface area contributed by atoms with E-state index in [1.54, 1.807) is 0 Å². The maximum atomic E-state index is 8.17. The number of allylic oxidation sites excluding steroid dienone is 1. The summed E-state index contributed by atoms with van der Waals surface area (Å²) in [6, 6.07) is 0. The van der Waals surface area contributed by atoms with Crippen LogP contribution in [-0.4, -0.2) is 20.8 Å². The second-order valence-corrected chi connectivity index (χ2v) is 2.91. The monoisotopic (exact) mass is 123 g/mol. The molecule has 0 atom stereocenters. The van der Waals surface area contributed by atoms with E-state index in [0.29, 0.717) is 0 Å². The summed E-state index contributed by atoms with van der Waals surface area (Å²) >= 11 is 0. The van der Waals surface area contributed by atoms with Crippen LogP contribution in [0.4, 0.5) is 0 Å². The lowest BCUT2D eigenvalue weighted by Gasteiger charge is -1.96. The van der Waals surface area contributed by atoms with E-state index in [9.17, 15) is 0 Å². The summed E-state index contributed by atoms with van der Waals surface area (Å²) in [6.45, 7) is 3.19. The van der Waals surface area contributed by atoms with Gasteiger partial charge in [0.1, 0.15) is 0 Å².